The molecule has 1 fully saturated rings. The molecule has 3 amide bonds. The van der Waals surface area contributed by atoms with Crippen molar-refractivity contribution in [2.24, 2.45) is 0 Å². The maximum atomic E-state index is 13.1. The fourth-order valence-electron chi connectivity index (χ4n) is 4.06. The molecule has 0 spiro atoms. The van der Waals surface area contributed by atoms with E-state index < -0.39 is 17.1 Å². The minimum Gasteiger partial charge on any atom is -0.490 e. The number of carbonyl (C=O) groups is 3. The Balaban J connectivity index is 1.53. The Labute approximate surface area is 242 Å². The van der Waals surface area contributed by atoms with E-state index in [4.69, 9.17) is 9.47 Å². The molecule has 7 nitrogen and oxygen atoms in total. The third-order valence-electron chi connectivity index (χ3n) is 5.87. The summed E-state index contributed by atoms with van der Waals surface area (Å²) < 4.78 is 12.1. The van der Waals surface area contributed by atoms with Gasteiger partial charge in [0, 0.05) is 16.1 Å². The van der Waals surface area contributed by atoms with Crippen LogP contribution < -0.4 is 14.8 Å². The van der Waals surface area contributed by atoms with Gasteiger partial charge in [-0.05, 0) is 78.9 Å². The van der Waals surface area contributed by atoms with Crippen LogP contribution in [-0.4, -0.2) is 41.4 Å². The van der Waals surface area contributed by atoms with Gasteiger partial charge in [-0.2, -0.15) is 0 Å². The summed E-state index contributed by atoms with van der Waals surface area (Å²) in [5.74, 6) is 0.178. The molecule has 0 bridgehead atoms. The molecule has 1 saturated heterocycles. The Bertz CT molecular complexity index is 1440. The van der Waals surface area contributed by atoms with Gasteiger partial charge in [0.25, 0.3) is 11.1 Å². The molecule has 40 heavy (non-hydrogen) atoms. The van der Waals surface area contributed by atoms with Crippen LogP contribution in [0.5, 0.6) is 11.5 Å². The van der Waals surface area contributed by atoms with Crippen molar-refractivity contribution < 1.29 is 23.9 Å². The zero-order chi connectivity index (χ0) is 28.5. The van der Waals surface area contributed by atoms with Gasteiger partial charge < -0.3 is 14.8 Å². The topological polar surface area (TPSA) is 84.9 Å². The van der Waals surface area contributed by atoms with E-state index in [1.165, 1.54) is 0 Å². The quantitative estimate of drug-likeness (QED) is 0.145. The van der Waals surface area contributed by atoms with Crippen molar-refractivity contribution in [3.05, 3.63) is 101 Å². The number of hydrogen-bond donors (Lipinski definition) is 1. The molecule has 206 valence electrons. The minimum absolute atomic E-state index is 0.229. The normalized spacial score (nSPS) is 13.9. The summed E-state index contributed by atoms with van der Waals surface area (Å²) in [5, 5.41) is 2.26. The van der Waals surface area contributed by atoms with E-state index in [1.54, 1.807) is 36.0 Å². The fourth-order valence-corrected chi connectivity index (χ4v) is 5.36. The number of benzene rings is 3. The summed E-state index contributed by atoms with van der Waals surface area (Å²) in [5.41, 5.74) is 3.14. The van der Waals surface area contributed by atoms with E-state index in [-0.39, 0.29) is 11.4 Å². The molecule has 0 saturated carbocycles. The highest BCUT2D eigenvalue weighted by Gasteiger charge is 2.36. The maximum absolute atomic E-state index is 13.1. The Hall–Kier alpha value is -3.95. The first-order chi connectivity index (χ1) is 19.4. The van der Waals surface area contributed by atoms with Crippen LogP contribution in [0, 0.1) is 0 Å². The second kappa shape index (κ2) is 13.9. The average molecular weight is 575 g/mol. The molecular formula is C31H30N2O5S2. The van der Waals surface area contributed by atoms with Gasteiger partial charge >= 0.3 is 0 Å². The SMILES string of the molecule is C=CCc1cc(/C=C2\SC(=O)N(CC(=O)Nc3cccc(SC)c3)C2=O)cc(OCC)c1OCc1ccccc1. The number of carbonyl (C=O) groups excluding carboxylic acids is 3. The number of hydrogen-bond acceptors (Lipinski definition) is 7. The van der Waals surface area contributed by atoms with Crippen molar-refractivity contribution in [1.82, 2.24) is 4.90 Å². The van der Waals surface area contributed by atoms with Crippen molar-refractivity contribution in [3.63, 3.8) is 0 Å². The van der Waals surface area contributed by atoms with E-state index in [1.807, 2.05) is 67.8 Å². The Morgan fingerprint density at radius 2 is 1.88 bits per heavy atom. The second-order valence-corrected chi connectivity index (χ2v) is 10.6. The first-order valence-electron chi connectivity index (χ1n) is 12.7. The summed E-state index contributed by atoms with van der Waals surface area (Å²) in [4.78, 5) is 40.6. The van der Waals surface area contributed by atoms with Crippen LogP contribution in [0.1, 0.15) is 23.6 Å². The maximum Gasteiger partial charge on any atom is 0.294 e. The summed E-state index contributed by atoms with van der Waals surface area (Å²) >= 11 is 2.36. The molecular weight excluding hydrogens is 544 g/mol. The smallest absolute Gasteiger partial charge is 0.294 e. The monoisotopic (exact) mass is 574 g/mol. The van der Waals surface area contributed by atoms with Crippen molar-refractivity contribution in [3.8, 4) is 11.5 Å². The molecule has 0 unspecified atom stereocenters. The highest BCUT2D eigenvalue weighted by atomic mass is 32.2. The van der Waals surface area contributed by atoms with Crippen molar-refractivity contribution in [2.45, 2.75) is 24.8 Å². The highest BCUT2D eigenvalue weighted by molar-refractivity contribution is 8.18. The molecule has 1 heterocycles. The molecule has 3 aromatic carbocycles. The number of ether oxygens (including phenoxy) is 2. The largest absolute Gasteiger partial charge is 0.490 e. The van der Waals surface area contributed by atoms with Gasteiger partial charge in [0.15, 0.2) is 11.5 Å². The number of allylic oxidation sites excluding steroid dienone is 1. The van der Waals surface area contributed by atoms with Gasteiger partial charge in [-0.15, -0.1) is 18.3 Å². The number of amides is 3. The fraction of sp³-hybridized carbons (Fsp3) is 0.194. The molecule has 1 N–H and O–H groups in total. The van der Waals surface area contributed by atoms with Crippen LogP contribution in [0.25, 0.3) is 6.08 Å². The third-order valence-corrected chi connectivity index (χ3v) is 7.50. The molecule has 0 aliphatic carbocycles. The third kappa shape index (κ3) is 7.37. The molecule has 0 atom stereocenters. The summed E-state index contributed by atoms with van der Waals surface area (Å²) in [7, 11) is 0. The number of nitrogens with one attached hydrogen (secondary N) is 1. The van der Waals surface area contributed by atoms with E-state index >= 15 is 0 Å². The number of nitrogens with zero attached hydrogens (tertiary/aromatic N) is 1. The highest BCUT2D eigenvalue weighted by Crippen LogP contribution is 2.38. The Morgan fingerprint density at radius 1 is 1.07 bits per heavy atom. The Morgan fingerprint density at radius 3 is 2.60 bits per heavy atom. The zero-order valence-electron chi connectivity index (χ0n) is 22.3. The van der Waals surface area contributed by atoms with Crippen LogP contribution in [-0.2, 0) is 22.6 Å². The van der Waals surface area contributed by atoms with Gasteiger partial charge in [0.05, 0.1) is 11.5 Å². The lowest BCUT2D eigenvalue weighted by Crippen LogP contribution is -2.36. The molecule has 0 radical (unpaired) electrons. The van der Waals surface area contributed by atoms with Crippen molar-refractivity contribution >= 4 is 52.3 Å². The molecule has 9 heteroatoms. The van der Waals surface area contributed by atoms with Gasteiger partial charge in [-0.3, -0.25) is 19.3 Å². The molecule has 3 aromatic rings. The summed E-state index contributed by atoms with van der Waals surface area (Å²) in [6, 6.07) is 20.9. The van der Waals surface area contributed by atoms with E-state index in [0.717, 1.165) is 32.7 Å². The molecule has 4 rings (SSSR count). The lowest BCUT2D eigenvalue weighted by atomic mass is 10.0. The van der Waals surface area contributed by atoms with Crippen LogP contribution in [0.15, 0.2) is 89.2 Å². The lowest BCUT2D eigenvalue weighted by molar-refractivity contribution is -0.127. The number of anilines is 1. The standard InChI is InChI=1S/C31H30N2O5S2/c1-4-10-23-15-22(16-26(37-5-2)29(23)38-20-21-11-7-6-8-12-21)17-27-30(35)33(31(36)40-27)19-28(34)32-24-13-9-14-25(18-24)39-3/h4,6-9,11-18H,1,5,10,19-20H2,2-3H3,(H,32,34)/b27-17-. The predicted octanol–water partition coefficient (Wildman–Crippen LogP) is 6.79. The first kappa shape index (κ1) is 29.0. The number of rotatable bonds is 12. The number of thioether (sulfide) groups is 2. The van der Waals surface area contributed by atoms with Gasteiger partial charge in [-0.25, -0.2) is 0 Å². The second-order valence-electron chi connectivity index (χ2n) is 8.76. The van der Waals surface area contributed by atoms with Gasteiger partial charge in [-0.1, -0.05) is 42.5 Å². The van der Waals surface area contributed by atoms with Crippen LogP contribution in [0.4, 0.5) is 10.5 Å². The van der Waals surface area contributed by atoms with Crippen molar-refractivity contribution in [1.29, 1.82) is 0 Å². The summed E-state index contributed by atoms with van der Waals surface area (Å²) in [6.45, 7) is 6.16. The van der Waals surface area contributed by atoms with E-state index in [0.29, 0.717) is 42.4 Å². The van der Waals surface area contributed by atoms with Crippen molar-refractivity contribution in [2.75, 3.05) is 24.7 Å². The van der Waals surface area contributed by atoms with E-state index in [9.17, 15) is 14.4 Å². The van der Waals surface area contributed by atoms with Gasteiger partial charge in [0.2, 0.25) is 5.91 Å². The molecule has 1 aliphatic heterocycles. The predicted molar refractivity (Wildman–Crippen MR) is 162 cm³/mol. The van der Waals surface area contributed by atoms with Gasteiger partial charge in [0.1, 0.15) is 13.2 Å². The summed E-state index contributed by atoms with van der Waals surface area (Å²) in [6.07, 6.45) is 5.87. The van der Waals surface area contributed by atoms with Crippen LogP contribution in [0.2, 0.25) is 0 Å². The minimum atomic E-state index is -0.518. The van der Waals surface area contributed by atoms with E-state index in [2.05, 4.69) is 11.9 Å². The number of imide groups is 1. The Kier molecular flexibility index (Phi) is 10.1. The zero-order valence-corrected chi connectivity index (χ0v) is 24.0. The molecule has 0 aromatic heterocycles. The average Bonchev–Trinajstić information content (AvgIpc) is 3.20. The van der Waals surface area contributed by atoms with Crippen LogP contribution in [0.3, 0.4) is 0 Å². The molecule has 1 aliphatic rings. The van der Waals surface area contributed by atoms with Crippen LogP contribution >= 0.6 is 23.5 Å². The first-order valence-corrected chi connectivity index (χ1v) is 14.7. The lowest BCUT2D eigenvalue weighted by Gasteiger charge is -2.17.